The highest BCUT2D eigenvalue weighted by molar-refractivity contribution is 9.10. The third-order valence-corrected chi connectivity index (χ3v) is 3.57. The quantitative estimate of drug-likeness (QED) is 0.653. The molecule has 0 radical (unpaired) electrons. The molecule has 0 spiro atoms. The van der Waals surface area contributed by atoms with Gasteiger partial charge in [0.15, 0.2) is 0 Å². The maximum atomic E-state index is 11.6. The number of hydrazone groups is 1. The van der Waals surface area contributed by atoms with Crippen LogP contribution in [-0.4, -0.2) is 22.3 Å². The summed E-state index contributed by atoms with van der Waals surface area (Å²) in [5, 5.41) is 12.2. The second kappa shape index (κ2) is 6.39. The number of halogens is 1. The highest BCUT2D eigenvalue weighted by atomic mass is 79.9. The van der Waals surface area contributed by atoms with E-state index in [1.165, 1.54) is 11.3 Å². The Kier molecular flexibility index (Phi) is 4.58. The van der Waals surface area contributed by atoms with E-state index in [0.717, 1.165) is 10.0 Å². The van der Waals surface area contributed by atoms with Gasteiger partial charge in [-0.2, -0.15) is 5.10 Å². The second-order valence-electron chi connectivity index (χ2n) is 3.53. The van der Waals surface area contributed by atoms with Gasteiger partial charge >= 0.3 is 0 Å². The van der Waals surface area contributed by atoms with Crippen LogP contribution in [0.4, 0.5) is 5.13 Å². The maximum Gasteiger partial charge on any atom is 0.247 e. The number of anilines is 1. The van der Waals surface area contributed by atoms with Gasteiger partial charge in [-0.15, -0.1) is 10.2 Å². The van der Waals surface area contributed by atoms with Gasteiger partial charge in [-0.25, -0.2) is 5.43 Å². The molecule has 2 aromatic rings. The molecule has 1 heterocycles. The fourth-order valence-corrected chi connectivity index (χ4v) is 2.26. The molecule has 1 aromatic carbocycles. The zero-order valence-electron chi connectivity index (χ0n) is 9.71. The Hall–Kier alpha value is -1.80. The number of nitrogens with one attached hydrogen (secondary N) is 1. The van der Waals surface area contributed by atoms with E-state index in [4.69, 9.17) is 5.73 Å². The van der Waals surface area contributed by atoms with Gasteiger partial charge < -0.3 is 5.73 Å². The number of hydrogen-bond donors (Lipinski definition) is 2. The molecule has 0 aliphatic carbocycles. The van der Waals surface area contributed by atoms with E-state index < -0.39 is 0 Å². The van der Waals surface area contributed by atoms with Crippen molar-refractivity contribution >= 4 is 44.5 Å². The molecule has 8 heteroatoms. The zero-order chi connectivity index (χ0) is 13.7. The van der Waals surface area contributed by atoms with Crippen molar-refractivity contribution in [3.05, 3.63) is 39.3 Å². The fourth-order valence-electron chi connectivity index (χ4n) is 1.27. The molecule has 1 amide bonds. The van der Waals surface area contributed by atoms with Gasteiger partial charge in [0.25, 0.3) is 0 Å². The van der Waals surface area contributed by atoms with E-state index in [9.17, 15) is 4.79 Å². The van der Waals surface area contributed by atoms with E-state index in [1.54, 1.807) is 6.21 Å². The van der Waals surface area contributed by atoms with Gasteiger partial charge in [0, 0.05) is 10.0 Å². The van der Waals surface area contributed by atoms with Crippen molar-refractivity contribution in [2.24, 2.45) is 5.10 Å². The molecule has 0 aliphatic rings. The molecule has 19 heavy (non-hydrogen) atoms. The highest BCUT2D eigenvalue weighted by Crippen LogP contribution is 2.13. The van der Waals surface area contributed by atoms with Crippen molar-refractivity contribution in [2.45, 2.75) is 6.42 Å². The molecular weight excluding hydrogens is 330 g/mol. The number of rotatable bonds is 4. The van der Waals surface area contributed by atoms with E-state index in [1.807, 2.05) is 24.3 Å². The van der Waals surface area contributed by atoms with Crippen molar-refractivity contribution in [2.75, 3.05) is 5.73 Å². The molecule has 6 nitrogen and oxygen atoms in total. The van der Waals surface area contributed by atoms with Crippen LogP contribution in [0.25, 0.3) is 0 Å². The van der Waals surface area contributed by atoms with Gasteiger partial charge in [0.05, 0.1) is 12.6 Å². The largest absolute Gasteiger partial charge is 0.374 e. The lowest BCUT2D eigenvalue weighted by Crippen LogP contribution is -2.19. The van der Waals surface area contributed by atoms with Crippen molar-refractivity contribution in [3.8, 4) is 0 Å². The van der Waals surface area contributed by atoms with Crippen molar-refractivity contribution < 1.29 is 4.79 Å². The standard InChI is InChI=1S/C11H10BrN5OS/c12-8-4-2-1-3-7(8)6-14-15-9(18)5-10-16-17-11(13)19-10/h1-4,6H,5H2,(H2,13,17)(H,15,18). The number of benzene rings is 1. The first-order valence-corrected chi connectivity index (χ1v) is 6.90. The predicted molar refractivity (Wildman–Crippen MR) is 77.9 cm³/mol. The van der Waals surface area contributed by atoms with Gasteiger partial charge in [0.2, 0.25) is 11.0 Å². The molecule has 0 fully saturated rings. The molecule has 0 bridgehead atoms. The molecule has 1 aromatic heterocycles. The molecule has 0 saturated heterocycles. The number of amides is 1. The Labute approximate surface area is 121 Å². The Bertz CT molecular complexity index is 613. The summed E-state index contributed by atoms with van der Waals surface area (Å²) in [5.74, 6) is -0.264. The first-order chi connectivity index (χ1) is 9.15. The molecule has 0 unspecified atom stereocenters. The normalized spacial score (nSPS) is 10.8. The summed E-state index contributed by atoms with van der Waals surface area (Å²) in [7, 11) is 0. The van der Waals surface area contributed by atoms with Crippen LogP contribution in [0.1, 0.15) is 10.6 Å². The number of nitrogens with zero attached hydrogens (tertiary/aromatic N) is 3. The Morgan fingerprint density at radius 1 is 1.47 bits per heavy atom. The molecule has 98 valence electrons. The predicted octanol–water partition coefficient (Wildman–Crippen LogP) is 1.58. The zero-order valence-corrected chi connectivity index (χ0v) is 12.1. The van der Waals surface area contributed by atoms with E-state index in [2.05, 4.69) is 36.7 Å². The highest BCUT2D eigenvalue weighted by Gasteiger charge is 2.06. The smallest absolute Gasteiger partial charge is 0.247 e. The minimum atomic E-state index is -0.264. The van der Waals surface area contributed by atoms with E-state index in [0.29, 0.717) is 10.1 Å². The number of carbonyl (C=O) groups excluding carboxylic acids is 1. The monoisotopic (exact) mass is 339 g/mol. The van der Waals surface area contributed by atoms with Crippen LogP contribution in [0.3, 0.4) is 0 Å². The van der Waals surface area contributed by atoms with Crippen LogP contribution >= 0.6 is 27.3 Å². The first kappa shape index (κ1) is 13.6. The number of carbonyl (C=O) groups is 1. The number of aromatic nitrogens is 2. The SMILES string of the molecule is Nc1nnc(CC(=O)NN=Cc2ccccc2Br)s1. The lowest BCUT2D eigenvalue weighted by molar-refractivity contribution is -0.120. The summed E-state index contributed by atoms with van der Waals surface area (Å²) in [6.45, 7) is 0. The van der Waals surface area contributed by atoms with Crippen molar-refractivity contribution in [1.29, 1.82) is 0 Å². The van der Waals surface area contributed by atoms with Crippen LogP contribution in [0.5, 0.6) is 0 Å². The summed E-state index contributed by atoms with van der Waals surface area (Å²) < 4.78 is 0.907. The topological polar surface area (TPSA) is 93.3 Å². The number of hydrogen-bond acceptors (Lipinski definition) is 6. The second-order valence-corrected chi connectivity index (χ2v) is 5.47. The third kappa shape index (κ3) is 4.11. The fraction of sp³-hybridized carbons (Fsp3) is 0.0909. The first-order valence-electron chi connectivity index (χ1n) is 5.29. The van der Waals surface area contributed by atoms with Crippen molar-refractivity contribution in [1.82, 2.24) is 15.6 Å². The van der Waals surface area contributed by atoms with E-state index >= 15 is 0 Å². The molecule has 0 saturated carbocycles. The van der Waals surface area contributed by atoms with E-state index in [-0.39, 0.29) is 12.3 Å². The molecule has 3 N–H and O–H groups in total. The van der Waals surface area contributed by atoms with Crippen LogP contribution in [0, 0.1) is 0 Å². The number of nitrogens with two attached hydrogens (primary N) is 1. The Morgan fingerprint density at radius 3 is 2.95 bits per heavy atom. The van der Waals surface area contributed by atoms with Crippen LogP contribution in [0.2, 0.25) is 0 Å². The third-order valence-electron chi connectivity index (χ3n) is 2.09. The van der Waals surface area contributed by atoms with Gasteiger partial charge in [0.1, 0.15) is 5.01 Å². The molecule has 0 aliphatic heterocycles. The minimum absolute atomic E-state index is 0.113. The van der Waals surface area contributed by atoms with Crippen LogP contribution in [0.15, 0.2) is 33.8 Å². The Morgan fingerprint density at radius 2 is 2.26 bits per heavy atom. The lowest BCUT2D eigenvalue weighted by atomic mass is 10.2. The maximum absolute atomic E-state index is 11.6. The van der Waals surface area contributed by atoms with Gasteiger partial charge in [-0.1, -0.05) is 45.5 Å². The summed E-state index contributed by atoms with van der Waals surface area (Å²) in [6, 6.07) is 7.57. The average Bonchev–Trinajstić information content (AvgIpc) is 2.77. The molecule has 0 atom stereocenters. The van der Waals surface area contributed by atoms with Crippen molar-refractivity contribution in [3.63, 3.8) is 0 Å². The van der Waals surface area contributed by atoms with Crippen LogP contribution < -0.4 is 11.2 Å². The van der Waals surface area contributed by atoms with Crippen LogP contribution in [-0.2, 0) is 11.2 Å². The average molecular weight is 340 g/mol. The van der Waals surface area contributed by atoms with Gasteiger partial charge in [-0.3, -0.25) is 4.79 Å². The Balaban J connectivity index is 1.88. The van der Waals surface area contributed by atoms with Gasteiger partial charge in [-0.05, 0) is 6.07 Å². The molecular formula is C11H10BrN5OS. The lowest BCUT2D eigenvalue weighted by Gasteiger charge is -1.98. The number of nitrogen functional groups attached to an aromatic ring is 1. The summed E-state index contributed by atoms with van der Waals surface area (Å²) in [6.07, 6.45) is 1.68. The summed E-state index contributed by atoms with van der Waals surface area (Å²) >= 11 is 4.57. The summed E-state index contributed by atoms with van der Waals surface area (Å²) in [4.78, 5) is 11.6. The minimum Gasteiger partial charge on any atom is -0.374 e. The molecule has 2 rings (SSSR count). The summed E-state index contributed by atoms with van der Waals surface area (Å²) in [5.41, 5.74) is 8.73.